The molecular weight excluding hydrogens is 484 g/mol. The number of nitro groups is 1. The van der Waals surface area contributed by atoms with Gasteiger partial charge in [-0.25, -0.2) is 0 Å². The van der Waals surface area contributed by atoms with Crippen LogP contribution < -0.4 is 10.1 Å². The van der Waals surface area contributed by atoms with Crippen LogP contribution in [0.2, 0.25) is 5.02 Å². The number of ketones is 1. The highest BCUT2D eigenvalue weighted by atomic mass is 79.9. The topological polar surface area (TPSA) is 81.5 Å². The lowest BCUT2D eigenvalue weighted by atomic mass is 9.98. The van der Waals surface area contributed by atoms with Crippen LogP contribution in [-0.4, -0.2) is 17.3 Å². The van der Waals surface area contributed by atoms with Crippen LogP contribution in [-0.2, 0) is 0 Å². The van der Waals surface area contributed by atoms with Gasteiger partial charge in [-0.05, 0) is 61.0 Å². The van der Waals surface area contributed by atoms with Gasteiger partial charge in [-0.2, -0.15) is 0 Å². The summed E-state index contributed by atoms with van der Waals surface area (Å²) in [5.41, 5.74) is 2.36. The molecule has 0 radical (unpaired) electrons. The number of nitrogens with one attached hydrogen (secondary N) is 1. The van der Waals surface area contributed by atoms with Crippen molar-refractivity contribution in [1.29, 1.82) is 0 Å². The molecule has 0 aliphatic carbocycles. The summed E-state index contributed by atoms with van der Waals surface area (Å²) in [6.07, 6.45) is 1.65. The largest absolute Gasteiger partial charge is 0.490 e. The Bertz CT molecular complexity index is 1180. The molecule has 0 aliphatic rings. The Morgan fingerprint density at radius 1 is 1.19 bits per heavy atom. The van der Waals surface area contributed by atoms with Gasteiger partial charge >= 0.3 is 0 Å². The Morgan fingerprint density at radius 2 is 1.94 bits per heavy atom. The molecule has 0 atom stereocenters. The second-order valence-electron chi connectivity index (χ2n) is 6.64. The standard InChI is InChI=1S/C23H18BrClN2O4/c1-3-10-31-17-6-8-18(14(2)11-17)23(28)19-7-5-16(13-20(19)25)26-21-9-4-15(24)12-22(21)27(29)30/h3-9,11-13,26H,1,10H2,2H3. The molecule has 0 saturated carbocycles. The number of carbonyl (C=O) groups is 1. The molecule has 158 valence electrons. The van der Waals surface area contributed by atoms with E-state index < -0.39 is 4.92 Å². The van der Waals surface area contributed by atoms with Crippen LogP contribution >= 0.6 is 27.5 Å². The van der Waals surface area contributed by atoms with E-state index >= 15 is 0 Å². The molecule has 0 aliphatic heterocycles. The fraction of sp³-hybridized carbons (Fsp3) is 0.0870. The predicted octanol–water partition coefficient (Wildman–Crippen LogP) is 6.86. The van der Waals surface area contributed by atoms with Crippen molar-refractivity contribution in [3.05, 3.63) is 104 Å². The lowest BCUT2D eigenvalue weighted by molar-refractivity contribution is -0.384. The summed E-state index contributed by atoms with van der Waals surface area (Å²) >= 11 is 9.61. The maximum Gasteiger partial charge on any atom is 0.293 e. The lowest BCUT2D eigenvalue weighted by Gasteiger charge is -2.12. The molecule has 0 amide bonds. The normalized spacial score (nSPS) is 10.4. The molecule has 3 rings (SSSR count). The Balaban J connectivity index is 1.85. The van der Waals surface area contributed by atoms with E-state index in [1.54, 1.807) is 54.6 Å². The Morgan fingerprint density at radius 3 is 2.58 bits per heavy atom. The van der Waals surface area contributed by atoms with Gasteiger partial charge in [0.05, 0.1) is 9.95 Å². The van der Waals surface area contributed by atoms with E-state index in [9.17, 15) is 14.9 Å². The van der Waals surface area contributed by atoms with Crippen LogP contribution in [0.15, 0.2) is 71.7 Å². The minimum Gasteiger partial charge on any atom is -0.490 e. The highest BCUT2D eigenvalue weighted by Gasteiger charge is 2.18. The van der Waals surface area contributed by atoms with Crippen LogP contribution in [0.4, 0.5) is 17.1 Å². The number of nitrogens with zero attached hydrogens (tertiary/aromatic N) is 1. The van der Waals surface area contributed by atoms with Gasteiger partial charge in [-0.1, -0.05) is 40.2 Å². The summed E-state index contributed by atoms with van der Waals surface area (Å²) in [4.78, 5) is 23.8. The maximum atomic E-state index is 13.0. The predicted molar refractivity (Wildman–Crippen MR) is 126 cm³/mol. The molecule has 0 unspecified atom stereocenters. The van der Waals surface area contributed by atoms with E-state index in [-0.39, 0.29) is 16.5 Å². The molecule has 0 aromatic heterocycles. The van der Waals surface area contributed by atoms with Gasteiger partial charge in [0.2, 0.25) is 0 Å². The minimum absolute atomic E-state index is 0.0833. The number of nitro benzene ring substituents is 1. The average molecular weight is 502 g/mol. The summed E-state index contributed by atoms with van der Waals surface area (Å²) in [5, 5.41) is 14.5. The van der Waals surface area contributed by atoms with E-state index in [1.807, 2.05) is 6.92 Å². The molecular formula is C23H18BrClN2O4. The number of benzene rings is 3. The van der Waals surface area contributed by atoms with E-state index in [0.29, 0.717) is 39.3 Å². The van der Waals surface area contributed by atoms with E-state index in [2.05, 4.69) is 27.8 Å². The molecule has 0 heterocycles. The molecule has 0 spiro atoms. The van der Waals surface area contributed by atoms with Gasteiger partial charge < -0.3 is 10.1 Å². The number of anilines is 2. The first-order valence-corrected chi connectivity index (χ1v) is 10.4. The van der Waals surface area contributed by atoms with Gasteiger partial charge in [0.15, 0.2) is 5.78 Å². The number of ether oxygens (including phenoxy) is 1. The van der Waals surface area contributed by atoms with Crippen molar-refractivity contribution in [1.82, 2.24) is 0 Å². The molecule has 0 bridgehead atoms. The van der Waals surface area contributed by atoms with Crippen molar-refractivity contribution in [3.8, 4) is 5.75 Å². The number of hydrogen-bond donors (Lipinski definition) is 1. The van der Waals surface area contributed by atoms with Crippen molar-refractivity contribution in [2.45, 2.75) is 6.92 Å². The van der Waals surface area contributed by atoms with E-state index in [0.717, 1.165) is 5.56 Å². The van der Waals surface area contributed by atoms with Gasteiger partial charge in [-0.15, -0.1) is 0 Å². The summed E-state index contributed by atoms with van der Waals surface area (Å²) in [5.74, 6) is 0.426. The lowest BCUT2D eigenvalue weighted by Crippen LogP contribution is -2.06. The monoisotopic (exact) mass is 500 g/mol. The minimum atomic E-state index is -0.474. The molecule has 0 saturated heterocycles. The second-order valence-corrected chi connectivity index (χ2v) is 7.97. The molecule has 0 fully saturated rings. The molecule has 6 nitrogen and oxygen atoms in total. The van der Waals surface area contributed by atoms with E-state index in [1.165, 1.54) is 6.07 Å². The van der Waals surface area contributed by atoms with Crippen LogP contribution in [0.1, 0.15) is 21.5 Å². The third-order valence-corrected chi connectivity index (χ3v) is 5.27. The van der Waals surface area contributed by atoms with Gasteiger partial charge in [0.25, 0.3) is 5.69 Å². The smallest absolute Gasteiger partial charge is 0.293 e. The fourth-order valence-electron chi connectivity index (χ4n) is 2.98. The zero-order chi connectivity index (χ0) is 22.5. The highest BCUT2D eigenvalue weighted by Crippen LogP contribution is 2.32. The van der Waals surface area contributed by atoms with Crippen molar-refractivity contribution >= 4 is 50.4 Å². The first kappa shape index (κ1) is 22.5. The van der Waals surface area contributed by atoms with Crippen LogP contribution in [0, 0.1) is 17.0 Å². The molecule has 3 aromatic rings. The molecule has 8 heteroatoms. The number of rotatable bonds is 8. The van der Waals surface area contributed by atoms with Gasteiger partial charge in [0, 0.05) is 27.4 Å². The molecule has 3 aromatic carbocycles. The van der Waals surface area contributed by atoms with Gasteiger partial charge in [-0.3, -0.25) is 14.9 Å². The Labute approximate surface area is 192 Å². The third kappa shape index (κ3) is 5.31. The van der Waals surface area contributed by atoms with Crippen molar-refractivity contribution in [2.24, 2.45) is 0 Å². The summed E-state index contributed by atoms with van der Waals surface area (Å²) in [6.45, 7) is 5.81. The van der Waals surface area contributed by atoms with Crippen molar-refractivity contribution in [3.63, 3.8) is 0 Å². The Hall–Kier alpha value is -3.16. The third-order valence-electron chi connectivity index (χ3n) is 4.46. The van der Waals surface area contributed by atoms with E-state index in [4.69, 9.17) is 16.3 Å². The summed E-state index contributed by atoms with van der Waals surface area (Å²) < 4.78 is 6.09. The SMILES string of the molecule is C=CCOc1ccc(C(=O)c2ccc(Nc3ccc(Br)cc3[N+](=O)[O-])cc2Cl)c(C)c1. The zero-order valence-corrected chi connectivity index (χ0v) is 18.9. The molecule has 1 N–H and O–H groups in total. The Kier molecular flexibility index (Phi) is 7.09. The zero-order valence-electron chi connectivity index (χ0n) is 16.5. The molecule has 31 heavy (non-hydrogen) atoms. The van der Waals surface area contributed by atoms with Crippen molar-refractivity contribution in [2.75, 3.05) is 11.9 Å². The quantitative estimate of drug-likeness (QED) is 0.158. The van der Waals surface area contributed by atoms with Crippen LogP contribution in [0.3, 0.4) is 0 Å². The average Bonchev–Trinajstić information content (AvgIpc) is 2.73. The number of hydrogen-bond acceptors (Lipinski definition) is 5. The summed E-state index contributed by atoms with van der Waals surface area (Å²) in [7, 11) is 0. The maximum absolute atomic E-state index is 13.0. The number of halogens is 2. The summed E-state index contributed by atoms with van der Waals surface area (Å²) in [6, 6.07) is 14.7. The number of carbonyl (C=O) groups excluding carboxylic acids is 1. The first-order valence-electron chi connectivity index (χ1n) is 9.19. The fourth-order valence-corrected chi connectivity index (χ4v) is 3.59. The van der Waals surface area contributed by atoms with Crippen LogP contribution in [0.5, 0.6) is 5.75 Å². The van der Waals surface area contributed by atoms with Gasteiger partial charge in [0.1, 0.15) is 18.0 Å². The highest BCUT2D eigenvalue weighted by molar-refractivity contribution is 9.10. The number of aryl methyl sites for hydroxylation is 1. The van der Waals surface area contributed by atoms with Crippen molar-refractivity contribution < 1.29 is 14.5 Å². The van der Waals surface area contributed by atoms with Crippen LogP contribution in [0.25, 0.3) is 0 Å². The second kappa shape index (κ2) is 9.76. The first-order chi connectivity index (χ1) is 14.8.